The van der Waals surface area contributed by atoms with Gasteiger partial charge in [-0.15, -0.1) is 0 Å². The maximum Gasteiger partial charge on any atom is 0.277 e. The van der Waals surface area contributed by atoms with Crippen LogP contribution in [-0.2, 0) is 6.54 Å². The maximum atomic E-state index is 13.5. The zero-order chi connectivity index (χ0) is 22.2. The van der Waals surface area contributed by atoms with Crippen LogP contribution in [-0.4, -0.2) is 31.4 Å². The van der Waals surface area contributed by atoms with E-state index in [1.807, 2.05) is 24.3 Å². The van der Waals surface area contributed by atoms with Crippen LogP contribution in [0.5, 0.6) is 5.75 Å². The predicted molar refractivity (Wildman–Crippen MR) is 118 cm³/mol. The highest BCUT2D eigenvalue weighted by Crippen LogP contribution is 2.24. The molecule has 0 atom stereocenters. The van der Waals surface area contributed by atoms with Crippen molar-refractivity contribution in [2.45, 2.75) is 6.54 Å². The fourth-order valence-electron chi connectivity index (χ4n) is 3.29. The molecule has 10 heteroatoms. The van der Waals surface area contributed by atoms with E-state index in [1.54, 1.807) is 37.7 Å². The molecule has 5 aromatic rings. The lowest BCUT2D eigenvalue weighted by atomic mass is 10.1. The lowest BCUT2D eigenvalue weighted by Crippen LogP contribution is -2.21. The Labute approximate surface area is 189 Å². The average Bonchev–Trinajstić information content (AvgIpc) is 3.45. The lowest BCUT2D eigenvalue weighted by molar-refractivity contribution is 0.370. The van der Waals surface area contributed by atoms with Gasteiger partial charge in [0, 0.05) is 23.5 Å². The molecule has 32 heavy (non-hydrogen) atoms. The van der Waals surface area contributed by atoms with Gasteiger partial charge in [0.05, 0.1) is 17.3 Å². The Morgan fingerprint density at radius 3 is 2.81 bits per heavy atom. The molecule has 0 amide bonds. The summed E-state index contributed by atoms with van der Waals surface area (Å²) in [6.45, 7) is 0.0877. The van der Waals surface area contributed by atoms with Gasteiger partial charge in [-0.1, -0.05) is 17.3 Å². The second-order valence-electron chi connectivity index (χ2n) is 6.96. The minimum Gasteiger partial charge on any atom is -0.497 e. The number of hydrogen-bond acceptors (Lipinski definition) is 6. The van der Waals surface area contributed by atoms with Crippen molar-refractivity contribution in [2.75, 3.05) is 7.11 Å². The summed E-state index contributed by atoms with van der Waals surface area (Å²) in [4.78, 5) is 17.3. The molecule has 8 nitrogen and oxygen atoms in total. The molecule has 0 radical (unpaired) electrons. The van der Waals surface area contributed by atoms with Gasteiger partial charge in [0.15, 0.2) is 0 Å². The topological polar surface area (TPSA) is 87.5 Å². The van der Waals surface area contributed by atoms with Crippen LogP contribution in [0.2, 0.25) is 0 Å². The SMILES string of the molecule is COc1cccc(-c2cc3c(=O)n(Cc4nc(-c5ccc(F)c(Br)c5)no4)ccn3n2)c1. The molecular weight excluding hydrogens is 481 g/mol. The smallest absolute Gasteiger partial charge is 0.277 e. The van der Waals surface area contributed by atoms with Crippen LogP contribution in [0.1, 0.15) is 5.89 Å². The largest absolute Gasteiger partial charge is 0.497 e. The van der Waals surface area contributed by atoms with Crippen molar-refractivity contribution in [3.05, 3.63) is 87.5 Å². The molecule has 0 aliphatic rings. The van der Waals surface area contributed by atoms with Crippen LogP contribution >= 0.6 is 15.9 Å². The van der Waals surface area contributed by atoms with Crippen LogP contribution in [0.4, 0.5) is 4.39 Å². The summed E-state index contributed by atoms with van der Waals surface area (Å²) in [5, 5.41) is 8.42. The molecular formula is C22H15BrFN5O3. The van der Waals surface area contributed by atoms with E-state index in [0.29, 0.717) is 32.8 Å². The van der Waals surface area contributed by atoms with Gasteiger partial charge < -0.3 is 13.8 Å². The van der Waals surface area contributed by atoms with Crippen molar-refractivity contribution in [3.63, 3.8) is 0 Å². The molecule has 2 aromatic carbocycles. The Balaban J connectivity index is 1.45. The van der Waals surface area contributed by atoms with E-state index in [9.17, 15) is 9.18 Å². The number of aromatic nitrogens is 5. The molecule has 0 bridgehead atoms. The van der Waals surface area contributed by atoms with Crippen LogP contribution in [0.25, 0.3) is 28.2 Å². The Hall–Kier alpha value is -3.79. The number of methoxy groups -OCH3 is 1. The molecule has 0 unspecified atom stereocenters. The number of fused-ring (bicyclic) bond motifs is 1. The zero-order valence-electron chi connectivity index (χ0n) is 16.7. The second kappa shape index (κ2) is 8.04. The first kappa shape index (κ1) is 20.1. The normalized spacial score (nSPS) is 11.2. The Bertz CT molecular complexity index is 1510. The first-order valence-electron chi connectivity index (χ1n) is 9.53. The molecule has 0 saturated carbocycles. The van der Waals surface area contributed by atoms with Crippen molar-refractivity contribution in [3.8, 4) is 28.4 Å². The first-order chi connectivity index (χ1) is 15.5. The molecule has 160 valence electrons. The van der Waals surface area contributed by atoms with E-state index in [0.717, 1.165) is 5.56 Å². The van der Waals surface area contributed by atoms with Gasteiger partial charge in [0.2, 0.25) is 11.7 Å². The highest BCUT2D eigenvalue weighted by molar-refractivity contribution is 9.10. The van der Waals surface area contributed by atoms with E-state index in [4.69, 9.17) is 9.26 Å². The number of hydrogen-bond donors (Lipinski definition) is 0. The fourth-order valence-corrected chi connectivity index (χ4v) is 3.67. The number of nitrogens with zero attached hydrogens (tertiary/aromatic N) is 5. The van der Waals surface area contributed by atoms with Crippen molar-refractivity contribution < 1.29 is 13.7 Å². The average molecular weight is 496 g/mol. The van der Waals surface area contributed by atoms with Crippen LogP contribution in [0, 0.1) is 5.82 Å². The maximum absolute atomic E-state index is 13.5. The molecule has 0 aliphatic carbocycles. The molecule has 0 spiro atoms. The summed E-state index contributed by atoms with van der Waals surface area (Å²) in [5.41, 5.74) is 2.24. The Kier molecular flexibility index (Phi) is 5.06. The van der Waals surface area contributed by atoms with Crippen LogP contribution < -0.4 is 10.3 Å². The van der Waals surface area contributed by atoms with E-state index in [1.165, 1.54) is 15.1 Å². The third-order valence-electron chi connectivity index (χ3n) is 4.92. The van der Waals surface area contributed by atoms with Crippen LogP contribution in [0.15, 0.2) is 74.7 Å². The van der Waals surface area contributed by atoms with Gasteiger partial charge >= 0.3 is 0 Å². The Morgan fingerprint density at radius 1 is 1.12 bits per heavy atom. The molecule has 0 fully saturated rings. The number of ether oxygens (including phenoxy) is 1. The minimum absolute atomic E-state index is 0.0877. The summed E-state index contributed by atoms with van der Waals surface area (Å²) in [5.74, 6) is 0.878. The molecule has 0 aliphatic heterocycles. The molecule has 3 heterocycles. The third kappa shape index (κ3) is 3.69. The van der Waals surface area contributed by atoms with Crippen molar-refractivity contribution in [1.29, 1.82) is 0 Å². The standard InChI is InChI=1S/C22H15BrFN5O3/c1-31-15-4-2-3-13(9-15)18-11-19-22(30)28(7-8-29(19)26-18)12-20-25-21(27-32-20)14-5-6-17(24)16(23)10-14/h2-11H,12H2,1H3. The highest BCUT2D eigenvalue weighted by atomic mass is 79.9. The second-order valence-corrected chi connectivity index (χ2v) is 7.82. The lowest BCUT2D eigenvalue weighted by Gasteiger charge is -2.02. The molecule has 0 N–H and O–H groups in total. The highest BCUT2D eigenvalue weighted by Gasteiger charge is 2.14. The number of rotatable bonds is 5. The van der Waals surface area contributed by atoms with Gasteiger partial charge in [-0.3, -0.25) is 4.79 Å². The van der Waals surface area contributed by atoms with E-state index in [2.05, 4.69) is 31.2 Å². The van der Waals surface area contributed by atoms with Crippen molar-refractivity contribution in [2.24, 2.45) is 0 Å². The van der Waals surface area contributed by atoms with Gasteiger partial charge in [-0.2, -0.15) is 10.1 Å². The summed E-state index contributed by atoms with van der Waals surface area (Å²) in [7, 11) is 1.60. The number of halogens is 2. The molecule has 3 aromatic heterocycles. The van der Waals surface area contributed by atoms with Gasteiger partial charge in [0.1, 0.15) is 23.6 Å². The fraction of sp³-hybridized carbons (Fsp3) is 0.0909. The van der Waals surface area contributed by atoms with Gasteiger partial charge in [0.25, 0.3) is 5.56 Å². The summed E-state index contributed by atoms with van der Waals surface area (Å²) < 4.78 is 27.3. The van der Waals surface area contributed by atoms with E-state index < -0.39 is 0 Å². The molecule has 0 saturated heterocycles. The third-order valence-corrected chi connectivity index (χ3v) is 5.53. The monoisotopic (exact) mass is 495 g/mol. The van der Waals surface area contributed by atoms with Gasteiger partial charge in [-0.25, -0.2) is 8.91 Å². The Morgan fingerprint density at radius 2 is 2.00 bits per heavy atom. The first-order valence-corrected chi connectivity index (χ1v) is 10.3. The quantitative estimate of drug-likeness (QED) is 0.363. The minimum atomic E-state index is -0.383. The van der Waals surface area contributed by atoms with Crippen molar-refractivity contribution >= 4 is 21.4 Å². The van der Waals surface area contributed by atoms with E-state index >= 15 is 0 Å². The zero-order valence-corrected chi connectivity index (χ0v) is 18.3. The molecule has 5 rings (SSSR count). The van der Waals surface area contributed by atoms with Crippen molar-refractivity contribution in [1.82, 2.24) is 24.3 Å². The summed E-state index contributed by atoms with van der Waals surface area (Å²) >= 11 is 3.14. The van der Waals surface area contributed by atoms with Gasteiger partial charge in [-0.05, 0) is 52.3 Å². The number of benzene rings is 2. The van der Waals surface area contributed by atoms with E-state index in [-0.39, 0.29) is 23.8 Å². The predicted octanol–water partition coefficient (Wildman–Crippen LogP) is 4.17. The summed E-state index contributed by atoms with van der Waals surface area (Å²) in [6.07, 6.45) is 3.30. The van der Waals surface area contributed by atoms with Crippen LogP contribution in [0.3, 0.4) is 0 Å². The summed E-state index contributed by atoms with van der Waals surface area (Å²) in [6, 6.07) is 13.6.